The number of H-pyrrole nitrogens is 1. The highest BCUT2D eigenvalue weighted by atomic mass is 32.1. The Morgan fingerprint density at radius 3 is 2.80 bits per heavy atom. The number of hydrogen-bond donors (Lipinski definition) is 1. The second kappa shape index (κ2) is 4.97. The summed E-state index contributed by atoms with van der Waals surface area (Å²) in [7, 11) is 0. The first kappa shape index (κ1) is 12.7. The number of benzene rings is 1. The number of pyridine rings is 1. The molecule has 0 fully saturated rings. The summed E-state index contributed by atoms with van der Waals surface area (Å²) < 4.78 is 15.7. The molecule has 0 amide bonds. The van der Waals surface area contributed by atoms with E-state index in [2.05, 4.69) is 15.2 Å². The fourth-order valence-electron chi connectivity index (χ4n) is 2.05. The molecule has 20 heavy (non-hydrogen) atoms. The van der Waals surface area contributed by atoms with Crippen LogP contribution in [0.4, 0.5) is 4.39 Å². The van der Waals surface area contributed by atoms with E-state index in [0.29, 0.717) is 22.0 Å². The van der Waals surface area contributed by atoms with Crippen LogP contribution in [-0.2, 0) is 0 Å². The highest BCUT2D eigenvalue weighted by Crippen LogP contribution is 2.21. The molecule has 3 aromatic rings. The van der Waals surface area contributed by atoms with Crippen LogP contribution in [0.3, 0.4) is 0 Å². The predicted octanol–water partition coefficient (Wildman–Crippen LogP) is 3.44. The Labute approximate surface area is 119 Å². The molecule has 1 aromatic carbocycles. The monoisotopic (exact) mass is 286 g/mol. The minimum Gasteiger partial charge on any atom is -0.267 e. The van der Waals surface area contributed by atoms with Crippen molar-refractivity contribution in [1.29, 1.82) is 0 Å². The van der Waals surface area contributed by atoms with Gasteiger partial charge in [-0.3, -0.25) is 14.6 Å². The molecule has 3 rings (SSSR count). The number of aromatic amines is 1. The lowest BCUT2D eigenvalue weighted by atomic mass is 10.2. The van der Waals surface area contributed by atoms with E-state index in [4.69, 9.17) is 12.2 Å². The van der Waals surface area contributed by atoms with E-state index >= 15 is 0 Å². The van der Waals surface area contributed by atoms with E-state index in [9.17, 15) is 4.39 Å². The summed E-state index contributed by atoms with van der Waals surface area (Å²) in [5, 5.41) is 6.91. The van der Waals surface area contributed by atoms with Gasteiger partial charge >= 0.3 is 0 Å². The molecule has 100 valence electrons. The van der Waals surface area contributed by atoms with E-state index < -0.39 is 0 Å². The molecule has 0 spiro atoms. The predicted molar refractivity (Wildman–Crippen MR) is 76.7 cm³/mol. The summed E-state index contributed by atoms with van der Waals surface area (Å²) in [6, 6.07) is 10.2. The van der Waals surface area contributed by atoms with E-state index in [1.807, 2.05) is 31.2 Å². The molecule has 0 unspecified atom stereocenters. The maximum Gasteiger partial charge on any atom is 0.200 e. The third kappa shape index (κ3) is 2.25. The van der Waals surface area contributed by atoms with Crippen molar-refractivity contribution in [1.82, 2.24) is 19.7 Å². The normalized spacial score (nSPS) is 10.7. The van der Waals surface area contributed by atoms with Crippen LogP contribution < -0.4 is 0 Å². The van der Waals surface area contributed by atoms with Crippen LogP contribution in [0, 0.1) is 17.5 Å². The summed E-state index contributed by atoms with van der Waals surface area (Å²) in [6.45, 7) is 1.83. The minimum absolute atomic E-state index is 0.310. The fourth-order valence-corrected chi connectivity index (χ4v) is 2.29. The fraction of sp³-hybridized carbons (Fsp3) is 0.0714. The number of nitrogens with one attached hydrogen (secondary N) is 1. The smallest absolute Gasteiger partial charge is 0.200 e. The Bertz CT molecular complexity index is 787. The summed E-state index contributed by atoms with van der Waals surface area (Å²) >= 11 is 5.24. The lowest BCUT2D eigenvalue weighted by molar-refractivity contribution is 0.625. The number of aromatic nitrogens is 4. The molecular formula is C14H11FN4S. The van der Waals surface area contributed by atoms with Crippen LogP contribution in [0.2, 0.25) is 0 Å². The van der Waals surface area contributed by atoms with Crippen LogP contribution in [0.15, 0.2) is 42.6 Å². The number of rotatable bonds is 2. The number of hydrogen-bond acceptors (Lipinski definition) is 3. The van der Waals surface area contributed by atoms with Crippen molar-refractivity contribution in [3.05, 3.63) is 58.7 Å². The van der Waals surface area contributed by atoms with Crippen molar-refractivity contribution in [2.45, 2.75) is 6.92 Å². The third-order valence-electron chi connectivity index (χ3n) is 2.85. The minimum atomic E-state index is -0.310. The SMILES string of the molecule is Cc1cc(F)cc(-n2c(-c3ccccn3)n[nH]c2=S)c1. The molecule has 0 aliphatic heterocycles. The molecule has 0 saturated carbocycles. The van der Waals surface area contributed by atoms with Crippen molar-refractivity contribution < 1.29 is 4.39 Å². The number of halogens is 1. The van der Waals surface area contributed by atoms with Crippen LogP contribution >= 0.6 is 12.2 Å². The standard InChI is InChI=1S/C14H11FN4S/c1-9-6-10(15)8-11(7-9)19-13(17-18-14(19)20)12-4-2-3-5-16-12/h2-8H,1H3,(H,18,20). The van der Waals surface area contributed by atoms with Gasteiger partial charge in [0.25, 0.3) is 0 Å². The molecule has 2 aromatic heterocycles. The molecule has 6 heteroatoms. The highest BCUT2D eigenvalue weighted by molar-refractivity contribution is 7.71. The van der Waals surface area contributed by atoms with Gasteiger partial charge in [-0.2, -0.15) is 5.10 Å². The first-order valence-corrected chi connectivity index (χ1v) is 6.42. The van der Waals surface area contributed by atoms with Gasteiger partial charge in [0.1, 0.15) is 11.5 Å². The van der Waals surface area contributed by atoms with Gasteiger partial charge in [0.05, 0.1) is 5.69 Å². The Hall–Kier alpha value is -2.34. The van der Waals surface area contributed by atoms with Crippen molar-refractivity contribution in [2.75, 3.05) is 0 Å². The topological polar surface area (TPSA) is 46.5 Å². The summed E-state index contributed by atoms with van der Waals surface area (Å²) in [6.07, 6.45) is 1.67. The van der Waals surface area contributed by atoms with Gasteiger partial charge in [-0.25, -0.2) is 4.39 Å². The molecule has 4 nitrogen and oxygen atoms in total. The molecule has 0 atom stereocenters. The Morgan fingerprint density at radius 2 is 2.10 bits per heavy atom. The van der Waals surface area contributed by atoms with Crippen molar-refractivity contribution in [3.63, 3.8) is 0 Å². The van der Waals surface area contributed by atoms with Crippen LogP contribution in [0.1, 0.15) is 5.56 Å². The summed E-state index contributed by atoms with van der Waals surface area (Å²) in [5.74, 6) is 0.246. The van der Waals surface area contributed by atoms with Crippen LogP contribution in [0.25, 0.3) is 17.2 Å². The first-order valence-electron chi connectivity index (χ1n) is 6.01. The molecule has 0 radical (unpaired) electrons. The molecule has 0 aliphatic rings. The number of aryl methyl sites for hydroxylation is 1. The second-order valence-electron chi connectivity index (χ2n) is 4.39. The summed E-state index contributed by atoms with van der Waals surface area (Å²) in [5.41, 5.74) is 2.11. The summed E-state index contributed by atoms with van der Waals surface area (Å²) in [4.78, 5) is 4.25. The Morgan fingerprint density at radius 1 is 1.25 bits per heavy atom. The van der Waals surface area contributed by atoms with E-state index in [1.54, 1.807) is 10.8 Å². The number of nitrogens with zero attached hydrogens (tertiary/aromatic N) is 3. The van der Waals surface area contributed by atoms with Gasteiger partial charge in [0.2, 0.25) is 0 Å². The molecular weight excluding hydrogens is 275 g/mol. The molecule has 1 N–H and O–H groups in total. The maximum atomic E-state index is 13.6. The average molecular weight is 286 g/mol. The van der Waals surface area contributed by atoms with Gasteiger partial charge in [-0.1, -0.05) is 6.07 Å². The van der Waals surface area contributed by atoms with Gasteiger partial charge in [0.15, 0.2) is 10.6 Å². The van der Waals surface area contributed by atoms with E-state index in [0.717, 1.165) is 5.56 Å². The largest absolute Gasteiger partial charge is 0.267 e. The van der Waals surface area contributed by atoms with Crippen molar-refractivity contribution >= 4 is 12.2 Å². The zero-order valence-corrected chi connectivity index (χ0v) is 11.5. The van der Waals surface area contributed by atoms with E-state index in [1.165, 1.54) is 12.1 Å². The second-order valence-corrected chi connectivity index (χ2v) is 4.78. The van der Waals surface area contributed by atoms with Crippen molar-refractivity contribution in [2.24, 2.45) is 0 Å². The molecule has 0 aliphatic carbocycles. The van der Waals surface area contributed by atoms with Gasteiger partial charge in [-0.15, -0.1) is 0 Å². The maximum absolute atomic E-state index is 13.6. The zero-order valence-electron chi connectivity index (χ0n) is 10.7. The van der Waals surface area contributed by atoms with Crippen LogP contribution in [-0.4, -0.2) is 19.7 Å². The Balaban J connectivity index is 2.24. The molecule has 0 saturated heterocycles. The first-order chi connectivity index (χ1) is 9.65. The van der Waals surface area contributed by atoms with Gasteiger partial charge < -0.3 is 0 Å². The van der Waals surface area contributed by atoms with Gasteiger partial charge in [-0.05, 0) is 55.0 Å². The average Bonchev–Trinajstić information content (AvgIpc) is 2.80. The zero-order chi connectivity index (χ0) is 14.1. The lowest BCUT2D eigenvalue weighted by Gasteiger charge is -2.07. The van der Waals surface area contributed by atoms with Crippen LogP contribution in [0.5, 0.6) is 0 Å². The highest BCUT2D eigenvalue weighted by Gasteiger charge is 2.12. The van der Waals surface area contributed by atoms with Gasteiger partial charge in [0, 0.05) is 6.20 Å². The third-order valence-corrected chi connectivity index (χ3v) is 3.13. The molecule has 2 heterocycles. The lowest BCUT2D eigenvalue weighted by Crippen LogP contribution is -2.00. The van der Waals surface area contributed by atoms with E-state index in [-0.39, 0.29) is 5.82 Å². The quantitative estimate of drug-likeness (QED) is 0.734. The van der Waals surface area contributed by atoms with Crippen molar-refractivity contribution in [3.8, 4) is 17.2 Å². The Kier molecular flexibility index (Phi) is 3.15. The molecule has 0 bridgehead atoms.